The van der Waals surface area contributed by atoms with Crippen LogP contribution < -0.4 is 5.32 Å². The van der Waals surface area contributed by atoms with Gasteiger partial charge in [-0.3, -0.25) is 4.79 Å². The summed E-state index contributed by atoms with van der Waals surface area (Å²) in [5.74, 6) is -0.139. The van der Waals surface area contributed by atoms with E-state index in [1.807, 2.05) is 4.68 Å². The van der Waals surface area contributed by atoms with Crippen LogP contribution in [0.2, 0.25) is 0 Å². The second-order valence-electron chi connectivity index (χ2n) is 7.47. The lowest BCUT2D eigenvalue weighted by molar-refractivity contribution is 0.0832. The lowest BCUT2D eigenvalue weighted by Gasteiger charge is -2.27. The molecule has 0 unspecified atom stereocenters. The summed E-state index contributed by atoms with van der Waals surface area (Å²) in [5, 5.41) is 17.5. The quantitative estimate of drug-likeness (QED) is 0.900. The van der Waals surface area contributed by atoms with Crippen molar-refractivity contribution in [2.24, 2.45) is 0 Å². The summed E-state index contributed by atoms with van der Waals surface area (Å²) in [4.78, 5) is 12.9. The van der Waals surface area contributed by atoms with Gasteiger partial charge in [0.2, 0.25) is 0 Å². The second-order valence-corrected chi connectivity index (χ2v) is 7.47. The van der Waals surface area contributed by atoms with E-state index < -0.39 is 5.54 Å². The van der Waals surface area contributed by atoms with Gasteiger partial charge < -0.3 is 10.4 Å². The highest BCUT2D eigenvalue weighted by Crippen LogP contribution is 2.31. The molecule has 2 aliphatic carbocycles. The number of aliphatic hydroxyl groups is 1. The van der Waals surface area contributed by atoms with Crippen LogP contribution in [0.4, 0.5) is 0 Å². The third-order valence-corrected chi connectivity index (χ3v) is 5.67. The Labute approximate surface area is 148 Å². The molecule has 0 atom stereocenters. The summed E-state index contributed by atoms with van der Waals surface area (Å²) in [6.07, 6.45) is 6.70. The van der Waals surface area contributed by atoms with Crippen LogP contribution in [0.5, 0.6) is 0 Å². The van der Waals surface area contributed by atoms with Crippen LogP contribution in [-0.4, -0.2) is 32.9 Å². The number of rotatable bonds is 4. The molecule has 1 amide bonds. The van der Waals surface area contributed by atoms with Crippen molar-refractivity contribution in [3.05, 3.63) is 46.8 Å². The molecule has 1 fully saturated rings. The summed E-state index contributed by atoms with van der Waals surface area (Å²) in [7, 11) is 0. The molecule has 132 valence electrons. The number of aromatic nitrogens is 2. The molecule has 4 rings (SSSR count). The topological polar surface area (TPSA) is 67.2 Å². The van der Waals surface area contributed by atoms with Gasteiger partial charge in [0.1, 0.15) is 0 Å². The Morgan fingerprint density at radius 3 is 2.60 bits per heavy atom. The first-order valence-corrected chi connectivity index (χ1v) is 9.23. The molecular weight excluding hydrogens is 314 g/mol. The highest BCUT2D eigenvalue weighted by Gasteiger charge is 2.37. The zero-order chi connectivity index (χ0) is 17.4. The van der Waals surface area contributed by atoms with Crippen LogP contribution in [-0.2, 0) is 12.8 Å². The summed E-state index contributed by atoms with van der Waals surface area (Å²) in [6.45, 7) is 2.06. The van der Waals surface area contributed by atoms with Crippen molar-refractivity contribution in [3.8, 4) is 5.69 Å². The lowest BCUT2D eigenvalue weighted by atomic mass is 9.98. The SMILES string of the molecule is Cc1ccc(-n2nc(C(=O)NC3(CO)CCCC3)c3c2CCC3)cc1. The summed E-state index contributed by atoms with van der Waals surface area (Å²) < 4.78 is 1.93. The van der Waals surface area contributed by atoms with Gasteiger partial charge in [-0.15, -0.1) is 0 Å². The number of nitrogens with zero attached hydrogens (tertiary/aromatic N) is 2. The van der Waals surface area contributed by atoms with Crippen molar-refractivity contribution in [1.29, 1.82) is 0 Å². The molecular formula is C20H25N3O2. The molecule has 1 saturated carbocycles. The summed E-state index contributed by atoms with van der Waals surface area (Å²) in [6, 6.07) is 8.23. The van der Waals surface area contributed by atoms with Crippen LogP contribution in [0.25, 0.3) is 5.69 Å². The maximum Gasteiger partial charge on any atom is 0.272 e. The molecule has 1 aromatic heterocycles. The molecule has 25 heavy (non-hydrogen) atoms. The molecule has 0 radical (unpaired) electrons. The van der Waals surface area contributed by atoms with Crippen molar-refractivity contribution >= 4 is 5.91 Å². The Kier molecular flexibility index (Phi) is 4.12. The largest absolute Gasteiger partial charge is 0.394 e. The summed E-state index contributed by atoms with van der Waals surface area (Å²) in [5.41, 5.74) is 4.50. The van der Waals surface area contributed by atoms with Crippen LogP contribution in [0.15, 0.2) is 24.3 Å². The predicted octanol–water partition coefficient (Wildman–Crippen LogP) is 2.70. The first-order valence-electron chi connectivity index (χ1n) is 9.23. The first kappa shape index (κ1) is 16.3. The molecule has 5 heteroatoms. The Morgan fingerprint density at radius 2 is 1.92 bits per heavy atom. The highest BCUT2D eigenvalue weighted by molar-refractivity contribution is 5.94. The fourth-order valence-corrected chi connectivity index (χ4v) is 4.19. The second kappa shape index (κ2) is 6.30. The molecule has 1 heterocycles. The molecule has 2 aromatic rings. The number of fused-ring (bicyclic) bond motifs is 1. The summed E-state index contributed by atoms with van der Waals surface area (Å²) >= 11 is 0. The van der Waals surface area contributed by atoms with Crippen molar-refractivity contribution in [2.45, 2.75) is 57.4 Å². The number of carbonyl (C=O) groups is 1. The maximum atomic E-state index is 12.9. The van der Waals surface area contributed by atoms with E-state index in [1.54, 1.807) is 0 Å². The van der Waals surface area contributed by atoms with Gasteiger partial charge in [0, 0.05) is 11.3 Å². The Balaban J connectivity index is 1.67. The Hall–Kier alpha value is -2.14. The minimum Gasteiger partial charge on any atom is -0.394 e. The van der Waals surface area contributed by atoms with Crippen molar-refractivity contribution in [3.63, 3.8) is 0 Å². The number of benzene rings is 1. The van der Waals surface area contributed by atoms with Crippen molar-refractivity contribution < 1.29 is 9.90 Å². The van der Waals surface area contributed by atoms with E-state index in [1.165, 1.54) is 5.56 Å². The fraction of sp³-hybridized carbons (Fsp3) is 0.500. The molecule has 0 spiro atoms. The maximum absolute atomic E-state index is 12.9. The van der Waals surface area contributed by atoms with E-state index >= 15 is 0 Å². The minimum absolute atomic E-state index is 0.000396. The van der Waals surface area contributed by atoms with Gasteiger partial charge in [0.25, 0.3) is 5.91 Å². The number of hydrogen-bond donors (Lipinski definition) is 2. The van der Waals surface area contributed by atoms with E-state index in [0.717, 1.165) is 61.9 Å². The van der Waals surface area contributed by atoms with Gasteiger partial charge in [0.05, 0.1) is 17.8 Å². The van der Waals surface area contributed by atoms with Gasteiger partial charge >= 0.3 is 0 Å². The molecule has 2 N–H and O–H groups in total. The third-order valence-electron chi connectivity index (χ3n) is 5.67. The van der Waals surface area contributed by atoms with E-state index in [9.17, 15) is 9.90 Å². The lowest BCUT2D eigenvalue weighted by Crippen LogP contribution is -2.49. The molecule has 2 aliphatic rings. The molecule has 0 bridgehead atoms. The average Bonchev–Trinajstić information content (AvgIpc) is 3.32. The predicted molar refractivity (Wildman–Crippen MR) is 96.1 cm³/mol. The van der Waals surface area contributed by atoms with E-state index in [4.69, 9.17) is 0 Å². The molecule has 0 saturated heterocycles. The van der Waals surface area contributed by atoms with E-state index in [0.29, 0.717) is 5.69 Å². The molecule has 0 aliphatic heterocycles. The number of nitrogens with one attached hydrogen (secondary N) is 1. The van der Waals surface area contributed by atoms with Gasteiger partial charge in [-0.2, -0.15) is 5.10 Å². The number of amides is 1. The third kappa shape index (κ3) is 2.86. The Bertz CT molecular complexity index is 786. The highest BCUT2D eigenvalue weighted by atomic mass is 16.3. The van der Waals surface area contributed by atoms with Crippen LogP contribution in [0.1, 0.15) is 59.4 Å². The van der Waals surface area contributed by atoms with E-state index in [-0.39, 0.29) is 12.5 Å². The number of hydrogen-bond acceptors (Lipinski definition) is 3. The fourth-order valence-electron chi connectivity index (χ4n) is 4.19. The smallest absolute Gasteiger partial charge is 0.272 e. The van der Waals surface area contributed by atoms with Crippen LogP contribution >= 0.6 is 0 Å². The van der Waals surface area contributed by atoms with Gasteiger partial charge in [0.15, 0.2) is 5.69 Å². The van der Waals surface area contributed by atoms with Crippen molar-refractivity contribution in [2.75, 3.05) is 6.61 Å². The monoisotopic (exact) mass is 339 g/mol. The number of carbonyl (C=O) groups excluding carboxylic acids is 1. The van der Waals surface area contributed by atoms with Gasteiger partial charge in [-0.05, 0) is 51.2 Å². The number of aryl methyl sites for hydroxylation is 1. The number of aliphatic hydroxyl groups excluding tert-OH is 1. The zero-order valence-electron chi connectivity index (χ0n) is 14.7. The normalized spacial score (nSPS) is 18.3. The minimum atomic E-state index is -0.462. The zero-order valence-corrected chi connectivity index (χ0v) is 14.7. The standard InChI is InChI=1S/C20H25N3O2/c1-14-7-9-15(10-8-14)23-17-6-4-5-16(17)18(22-23)19(25)21-20(13-24)11-2-3-12-20/h7-10,24H,2-6,11-13H2,1H3,(H,21,25). The Morgan fingerprint density at radius 1 is 1.20 bits per heavy atom. The molecule has 5 nitrogen and oxygen atoms in total. The average molecular weight is 339 g/mol. The molecule has 1 aromatic carbocycles. The van der Waals surface area contributed by atoms with Crippen molar-refractivity contribution in [1.82, 2.24) is 15.1 Å². The van der Waals surface area contributed by atoms with Crippen LogP contribution in [0.3, 0.4) is 0 Å². The van der Waals surface area contributed by atoms with Gasteiger partial charge in [-0.1, -0.05) is 30.5 Å². The van der Waals surface area contributed by atoms with Gasteiger partial charge in [-0.25, -0.2) is 4.68 Å². The first-order chi connectivity index (χ1) is 12.1. The van der Waals surface area contributed by atoms with Crippen LogP contribution in [0, 0.1) is 6.92 Å². The van der Waals surface area contributed by atoms with E-state index in [2.05, 4.69) is 41.6 Å².